The summed E-state index contributed by atoms with van der Waals surface area (Å²) in [6, 6.07) is 32.3. The van der Waals surface area contributed by atoms with Crippen LogP contribution < -0.4 is 0 Å². The topological polar surface area (TPSA) is 35.6 Å². The third-order valence-corrected chi connectivity index (χ3v) is 7.97. The van der Waals surface area contributed by atoms with E-state index in [9.17, 15) is 0 Å². The lowest BCUT2D eigenvalue weighted by molar-refractivity contribution is 0.886. The molecule has 0 atom stereocenters. The Hall–Kier alpha value is -5.22. The van der Waals surface area contributed by atoms with Crippen molar-refractivity contribution < 1.29 is 0 Å². The Morgan fingerprint density at radius 1 is 0.575 bits per heavy atom. The standard InChI is InChI=1S/C36H26N4/c1-3-11-25(12-4-1)28-21-37-39(23-28)34-19-27-20-35(40-24-29(22-38-40)26-13-5-2-6-14-26)31-16-8-10-18-33(31)36(27)32-17-9-7-15-30(32)34/h1-5,7-13,15-24H,6,14H2. The van der Waals surface area contributed by atoms with Gasteiger partial charge < -0.3 is 0 Å². The van der Waals surface area contributed by atoms with Gasteiger partial charge in [-0.2, -0.15) is 10.2 Å². The molecular formula is C36H26N4. The zero-order valence-corrected chi connectivity index (χ0v) is 21.9. The minimum atomic E-state index is 1.05. The molecule has 0 saturated carbocycles. The molecule has 7 aromatic rings. The van der Waals surface area contributed by atoms with Crippen LogP contribution in [0.4, 0.5) is 0 Å². The van der Waals surface area contributed by atoms with E-state index in [1.165, 1.54) is 38.1 Å². The third-order valence-electron chi connectivity index (χ3n) is 7.97. The minimum Gasteiger partial charge on any atom is -0.240 e. The minimum absolute atomic E-state index is 1.05. The first kappa shape index (κ1) is 22.7. The molecule has 0 bridgehead atoms. The van der Waals surface area contributed by atoms with E-state index in [0.29, 0.717) is 0 Å². The lowest BCUT2D eigenvalue weighted by Gasteiger charge is -2.15. The predicted octanol–water partition coefficient (Wildman–Crippen LogP) is 8.92. The number of fused-ring (bicyclic) bond motifs is 5. The van der Waals surface area contributed by atoms with E-state index in [1.807, 2.05) is 27.8 Å². The number of nitrogens with zero attached hydrogens (tertiary/aromatic N) is 4. The third kappa shape index (κ3) is 3.69. The van der Waals surface area contributed by atoms with E-state index in [4.69, 9.17) is 10.2 Å². The van der Waals surface area contributed by atoms with Crippen LogP contribution in [0.25, 0.3) is 60.4 Å². The van der Waals surface area contributed by atoms with Crippen LogP contribution in [0.15, 0.2) is 134 Å². The Bertz CT molecular complexity index is 2110. The van der Waals surface area contributed by atoms with E-state index in [0.717, 1.165) is 40.7 Å². The quantitative estimate of drug-likeness (QED) is 0.220. The summed E-state index contributed by atoms with van der Waals surface area (Å²) in [5, 5.41) is 16.9. The van der Waals surface area contributed by atoms with Crippen LogP contribution in [0.1, 0.15) is 18.4 Å². The van der Waals surface area contributed by atoms with Crippen molar-refractivity contribution in [2.45, 2.75) is 12.8 Å². The molecule has 0 radical (unpaired) electrons. The van der Waals surface area contributed by atoms with Crippen molar-refractivity contribution in [2.24, 2.45) is 0 Å². The second kappa shape index (κ2) is 9.21. The van der Waals surface area contributed by atoms with E-state index < -0.39 is 0 Å². The lowest BCUT2D eigenvalue weighted by atomic mass is 9.94. The first-order valence-electron chi connectivity index (χ1n) is 13.7. The average molecular weight is 515 g/mol. The highest BCUT2D eigenvalue weighted by Crippen LogP contribution is 2.39. The maximum Gasteiger partial charge on any atom is 0.0730 e. The second-order valence-corrected chi connectivity index (χ2v) is 10.4. The van der Waals surface area contributed by atoms with Gasteiger partial charge in [0.25, 0.3) is 0 Å². The molecule has 1 aliphatic rings. The summed E-state index contributed by atoms with van der Waals surface area (Å²) in [5.74, 6) is 0. The summed E-state index contributed by atoms with van der Waals surface area (Å²) in [5.41, 5.74) is 6.91. The van der Waals surface area contributed by atoms with Crippen molar-refractivity contribution in [2.75, 3.05) is 0 Å². The summed E-state index contributed by atoms with van der Waals surface area (Å²) < 4.78 is 4.04. The van der Waals surface area contributed by atoms with Gasteiger partial charge in [0.2, 0.25) is 0 Å². The molecule has 0 amide bonds. The largest absolute Gasteiger partial charge is 0.240 e. The van der Waals surface area contributed by atoms with Crippen molar-refractivity contribution in [1.29, 1.82) is 0 Å². The fourth-order valence-electron chi connectivity index (χ4n) is 6.02. The summed E-state index contributed by atoms with van der Waals surface area (Å²) in [4.78, 5) is 0. The summed E-state index contributed by atoms with van der Waals surface area (Å²) in [6.07, 6.45) is 16.9. The van der Waals surface area contributed by atoms with Crippen molar-refractivity contribution in [1.82, 2.24) is 19.6 Å². The highest BCUT2D eigenvalue weighted by Gasteiger charge is 2.16. The highest BCUT2D eigenvalue weighted by atomic mass is 15.3. The molecule has 0 aliphatic heterocycles. The molecule has 0 fully saturated rings. The number of allylic oxidation sites excluding steroid dienone is 4. The number of hydrogen-bond acceptors (Lipinski definition) is 2. The van der Waals surface area contributed by atoms with Crippen molar-refractivity contribution in [3.05, 3.63) is 140 Å². The Labute approximate surface area is 232 Å². The molecule has 40 heavy (non-hydrogen) atoms. The molecule has 4 nitrogen and oxygen atoms in total. The number of rotatable bonds is 4. The molecule has 5 aromatic carbocycles. The van der Waals surface area contributed by atoms with E-state index in [1.54, 1.807) is 0 Å². The first-order chi connectivity index (χ1) is 19.8. The Morgan fingerprint density at radius 2 is 1.15 bits per heavy atom. The fourth-order valence-corrected chi connectivity index (χ4v) is 6.02. The van der Waals surface area contributed by atoms with Gasteiger partial charge >= 0.3 is 0 Å². The van der Waals surface area contributed by atoms with Crippen LogP contribution in [0, 0.1) is 0 Å². The summed E-state index contributed by atoms with van der Waals surface area (Å²) in [7, 11) is 0. The van der Waals surface area contributed by atoms with Gasteiger partial charge in [-0.05, 0) is 57.7 Å². The predicted molar refractivity (Wildman–Crippen MR) is 165 cm³/mol. The van der Waals surface area contributed by atoms with Crippen LogP contribution in [0.2, 0.25) is 0 Å². The lowest BCUT2D eigenvalue weighted by Crippen LogP contribution is -1.99. The van der Waals surface area contributed by atoms with Crippen LogP contribution in [-0.4, -0.2) is 19.6 Å². The number of benzene rings is 5. The summed E-state index contributed by atoms with van der Waals surface area (Å²) >= 11 is 0. The van der Waals surface area contributed by atoms with Crippen molar-refractivity contribution in [3.8, 4) is 22.5 Å². The maximum atomic E-state index is 4.83. The van der Waals surface area contributed by atoms with Gasteiger partial charge in [-0.25, -0.2) is 9.36 Å². The zero-order chi connectivity index (χ0) is 26.5. The molecule has 0 spiro atoms. The van der Waals surface area contributed by atoms with Gasteiger partial charge in [0, 0.05) is 34.3 Å². The van der Waals surface area contributed by atoms with Crippen LogP contribution in [0.5, 0.6) is 0 Å². The Balaban J connectivity index is 1.37. The molecule has 2 aromatic heterocycles. The van der Waals surface area contributed by atoms with Crippen LogP contribution >= 0.6 is 0 Å². The van der Waals surface area contributed by atoms with E-state index >= 15 is 0 Å². The molecule has 8 rings (SSSR count). The fraction of sp³-hybridized carbons (Fsp3) is 0.0556. The smallest absolute Gasteiger partial charge is 0.0730 e. The number of aromatic nitrogens is 4. The normalized spacial score (nSPS) is 13.3. The molecular weight excluding hydrogens is 488 g/mol. The maximum absolute atomic E-state index is 4.83. The molecule has 2 heterocycles. The monoisotopic (exact) mass is 514 g/mol. The van der Waals surface area contributed by atoms with E-state index in [-0.39, 0.29) is 0 Å². The van der Waals surface area contributed by atoms with Gasteiger partial charge in [0.1, 0.15) is 0 Å². The first-order valence-corrected chi connectivity index (χ1v) is 13.7. The van der Waals surface area contributed by atoms with Gasteiger partial charge in [0.05, 0.1) is 23.8 Å². The van der Waals surface area contributed by atoms with Crippen molar-refractivity contribution in [3.63, 3.8) is 0 Å². The van der Waals surface area contributed by atoms with Gasteiger partial charge in [-0.1, -0.05) is 97.1 Å². The Morgan fingerprint density at radius 3 is 1.77 bits per heavy atom. The molecule has 190 valence electrons. The average Bonchev–Trinajstić information content (AvgIpc) is 3.72. The molecule has 0 unspecified atom stereocenters. The molecule has 0 N–H and O–H groups in total. The van der Waals surface area contributed by atoms with E-state index in [2.05, 4.69) is 116 Å². The van der Waals surface area contributed by atoms with Gasteiger partial charge in [0.15, 0.2) is 0 Å². The highest BCUT2D eigenvalue weighted by molar-refractivity contribution is 6.23. The second-order valence-electron chi connectivity index (χ2n) is 10.4. The van der Waals surface area contributed by atoms with Crippen LogP contribution in [-0.2, 0) is 0 Å². The SMILES string of the molecule is C1=CCCC(c2cnn(-c3cc4cc(-n5cc(-c6ccccc6)cn5)c5ccccc5c4c4ccccc34)c2)=C1. The molecule has 0 saturated heterocycles. The Kier molecular flexibility index (Phi) is 5.23. The molecule has 1 aliphatic carbocycles. The zero-order valence-electron chi connectivity index (χ0n) is 21.9. The van der Waals surface area contributed by atoms with Crippen LogP contribution in [0.3, 0.4) is 0 Å². The number of hydrogen-bond donors (Lipinski definition) is 0. The van der Waals surface area contributed by atoms with Crippen molar-refractivity contribution >= 4 is 37.9 Å². The summed E-state index contributed by atoms with van der Waals surface area (Å²) in [6.45, 7) is 0. The van der Waals surface area contributed by atoms with Gasteiger partial charge in [-0.3, -0.25) is 0 Å². The molecule has 4 heteroatoms. The van der Waals surface area contributed by atoms with Gasteiger partial charge in [-0.15, -0.1) is 0 Å².